The Morgan fingerprint density at radius 3 is 2.55 bits per heavy atom. The van der Waals surface area contributed by atoms with Gasteiger partial charge in [0.15, 0.2) is 11.5 Å². The summed E-state index contributed by atoms with van der Waals surface area (Å²) in [5, 5.41) is 9.98. The molecule has 1 amide bonds. The molecule has 1 saturated heterocycles. The summed E-state index contributed by atoms with van der Waals surface area (Å²) in [5.41, 5.74) is 2.24. The van der Waals surface area contributed by atoms with Crippen molar-refractivity contribution in [3.63, 3.8) is 0 Å². The van der Waals surface area contributed by atoms with E-state index in [0.29, 0.717) is 30.5 Å². The van der Waals surface area contributed by atoms with Crippen molar-refractivity contribution in [1.82, 2.24) is 15.4 Å². The number of morpholine rings is 1. The monoisotopic (exact) mass is 461 g/mol. The Hall–Kier alpha value is -3.19. The van der Waals surface area contributed by atoms with Crippen molar-refractivity contribution in [2.24, 2.45) is 0 Å². The minimum Gasteiger partial charge on any atom is -0.379 e. The van der Waals surface area contributed by atoms with Gasteiger partial charge in [0.25, 0.3) is 5.91 Å². The van der Waals surface area contributed by atoms with Crippen LogP contribution in [0.4, 0.5) is 0 Å². The van der Waals surface area contributed by atoms with Gasteiger partial charge in [0, 0.05) is 36.3 Å². The first-order valence-corrected chi connectivity index (χ1v) is 11.4. The molecule has 0 bridgehead atoms. The molecule has 1 unspecified atom stereocenters. The van der Waals surface area contributed by atoms with Crippen LogP contribution in [0.1, 0.15) is 22.1 Å². The van der Waals surface area contributed by atoms with E-state index in [-0.39, 0.29) is 17.6 Å². The van der Waals surface area contributed by atoms with Gasteiger partial charge in [0.1, 0.15) is 0 Å². The van der Waals surface area contributed by atoms with E-state index in [1.54, 1.807) is 6.07 Å². The Bertz CT molecular complexity index is 1250. The van der Waals surface area contributed by atoms with Crippen molar-refractivity contribution >= 4 is 28.3 Å². The maximum absolute atomic E-state index is 12.9. The Balaban J connectivity index is 1.30. The molecule has 168 valence electrons. The molecule has 0 spiro atoms. The van der Waals surface area contributed by atoms with E-state index < -0.39 is 0 Å². The highest BCUT2D eigenvalue weighted by molar-refractivity contribution is 6.30. The van der Waals surface area contributed by atoms with Gasteiger partial charge in [-0.25, -0.2) is 0 Å². The SMILES string of the molecule is O=C(NCC(c1ccc(Cl)cc1)N1CCOCC1)c1cc(-c2ccc3ccccc3c2)on1. The predicted octanol–water partition coefficient (Wildman–Crippen LogP) is 4.95. The van der Waals surface area contributed by atoms with E-state index >= 15 is 0 Å². The molecule has 6 nitrogen and oxygen atoms in total. The van der Waals surface area contributed by atoms with E-state index in [9.17, 15) is 4.79 Å². The zero-order valence-electron chi connectivity index (χ0n) is 18.0. The Morgan fingerprint density at radius 1 is 1.00 bits per heavy atom. The molecule has 1 aliphatic heterocycles. The minimum atomic E-state index is -0.266. The van der Waals surface area contributed by atoms with Crippen LogP contribution in [-0.4, -0.2) is 48.8 Å². The first-order chi connectivity index (χ1) is 16.2. The Kier molecular flexibility index (Phi) is 6.39. The zero-order chi connectivity index (χ0) is 22.6. The predicted molar refractivity (Wildman–Crippen MR) is 128 cm³/mol. The topological polar surface area (TPSA) is 67.6 Å². The van der Waals surface area contributed by atoms with Crippen molar-refractivity contribution in [1.29, 1.82) is 0 Å². The van der Waals surface area contributed by atoms with Crippen molar-refractivity contribution in [3.8, 4) is 11.3 Å². The van der Waals surface area contributed by atoms with Crippen LogP contribution in [0.15, 0.2) is 77.3 Å². The van der Waals surface area contributed by atoms with Crippen molar-refractivity contribution < 1.29 is 14.1 Å². The van der Waals surface area contributed by atoms with Gasteiger partial charge in [0.05, 0.1) is 19.3 Å². The fourth-order valence-electron chi connectivity index (χ4n) is 4.17. The van der Waals surface area contributed by atoms with E-state index in [0.717, 1.165) is 35.0 Å². The number of rotatable bonds is 6. The summed E-state index contributed by atoms with van der Waals surface area (Å²) in [4.78, 5) is 15.2. The molecular weight excluding hydrogens is 438 g/mol. The van der Waals surface area contributed by atoms with Crippen LogP contribution in [0.2, 0.25) is 5.02 Å². The largest absolute Gasteiger partial charge is 0.379 e. The van der Waals surface area contributed by atoms with E-state index in [1.807, 2.05) is 60.7 Å². The molecule has 0 radical (unpaired) electrons. The van der Waals surface area contributed by atoms with Gasteiger partial charge in [0.2, 0.25) is 0 Å². The summed E-state index contributed by atoms with van der Waals surface area (Å²) in [7, 11) is 0. The molecule has 1 aromatic heterocycles. The molecule has 3 aromatic carbocycles. The summed E-state index contributed by atoms with van der Waals surface area (Å²) in [6.07, 6.45) is 0. The number of nitrogens with one attached hydrogen (secondary N) is 1. The third kappa shape index (κ3) is 4.93. The fraction of sp³-hybridized carbons (Fsp3) is 0.231. The summed E-state index contributed by atoms with van der Waals surface area (Å²) in [5.74, 6) is 0.298. The van der Waals surface area contributed by atoms with Crippen molar-refractivity contribution in [3.05, 3.63) is 89.1 Å². The lowest BCUT2D eigenvalue weighted by molar-refractivity contribution is 0.0162. The maximum Gasteiger partial charge on any atom is 0.273 e. The number of hydrogen-bond acceptors (Lipinski definition) is 5. The highest BCUT2D eigenvalue weighted by Gasteiger charge is 2.24. The molecule has 2 heterocycles. The molecule has 1 atom stereocenters. The Morgan fingerprint density at radius 2 is 1.76 bits per heavy atom. The van der Waals surface area contributed by atoms with Gasteiger partial charge in [-0.3, -0.25) is 9.69 Å². The molecule has 1 aliphatic rings. The van der Waals surface area contributed by atoms with E-state index in [4.69, 9.17) is 20.9 Å². The number of amides is 1. The smallest absolute Gasteiger partial charge is 0.273 e. The van der Waals surface area contributed by atoms with Crippen LogP contribution >= 0.6 is 11.6 Å². The van der Waals surface area contributed by atoms with Crippen LogP contribution in [0.3, 0.4) is 0 Å². The van der Waals surface area contributed by atoms with Gasteiger partial charge in [-0.15, -0.1) is 0 Å². The molecule has 4 aromatic rings. The third-order valence-corrected chi connectivity index (χ3v) is 6.23. The van der Waals surface area contributed by atoms with Gasteiger partial charge in [-0.05, 0) is 34.5 Å². The van der Waals surface area contributed by atoms with E-state index in [1.165, 1.54) is 0 Å². The Labute approximate surface area is 197 Å². The summed E-state index contributed by atoms with van der Waals surface area (Å²) >= 11 is 6.07. The average Bonchev–Trinajstić information content (AvgIpc) is 3.36. The quantitative estimate of drug-likeness (QED) is 0.440. The number of benzene rings is 3. The molecule has 0 aliphatic carbocycles. The second kappa shape index (κ2) is 9.75. The average molecular weight is 462 g/mol. The normalized spacial score (nSPS) is 15.4. The molecule has 0 saturated carbocycles. The maximum atomic E-state index is 12.9. The summed E-state index contributed by atoms with van der Waals surface area (Å²) in [6.45, 7) is 3.41. The van der Waals surface area contributed by atoms with Crippen LogP contribution in [0.25, 0.3) is 22.1 Å². The minimum absolute atomic E-state index is 0.0157. The van der Waals surface area contributed by atoms with Crippen LogP contribution in [0, 0.1) is 0 Å². The van der Waals surface area contributed by atoms with Crippen LogP contribution in [0.5, 0.6) is 0 Å². The number of halogens is 1. The summed E-state index contributed by atoms with van der Waals surface area (Å²) in [6, 6.07) is 23.6. The van der Waals surface area contributed by atoms with Gasteiger partial charge >= 0.3 is 0 Å². The van der Waals surface area contributed by atoms with Gasteiger partial charge in [-0.1, -0.05) is 65.3 Å². The second-order valence-corrected chi connectivity index (χ2v) is 8.50. The number of nitrogens with zero attached hydrogens (tertiary/aromatic N) is 2. The second-order valence-electron chi connectivity index (χ2n) is 8.06. The fourth-order valence-corrected chi connectivity index (χ4v) is 4.30. The lowest BCUT2D eigenvalue weighted by Gasteiger charge is -2.34. The molecule has 1 fully saturated rings. The zero-order valence-corrected chi connectivity index (χ0v) is 18.8. The number of aromatic nitrogens is 1. The van der Waals surface area contributed by atoms with E-state index in [2.05, 4.69) is 21.4 Å². The summed E-state index contributed by atoms with van der Waals surface area (Å²) < 4.78 is 11.0. The first-order valence-electron chi connectivity index (χ1n) is 11.0. The standard InChI is InChI=1S/C26H24ClN3O3/c27-22-9-7-19(8-10-22)24(30-11-13-32-14-12-30)17-28-26(31)23-16-25(33-29-23)21-6-5-18-3-1-2-4-20(18)15-21/h1-10,15-16,24H,11-14,17H2,(H,28,31). The highest BCUT2D eigenvalue weighted by Crippen LogP contribution is 2.26. The van der Waals surface area contributed by atoms with Crippen LogP contribution in [-0.2, 0) is 4.74 Å². The number of carbonyl (C=O) groups excluding carboxylic acids is 1. The van der Waals surface area contributed by atoms with Crippen LogP contribution < -0.4 is 5.32 Å². The highest BCUT2D eigenvalue weighted by atomic mass is 35.5. The molecule has 5 rings (SSSR count). The molecule has 33 heavy (non-hydrogen) atoms. The molecular formula is C26H24ClN3O3. The number of fused-ring (bicyclic) bond motifs is 1. The lowest BCUT2D eigenvalue weighted by Crippen LogP contribution is -2.43. The lowest BCUT2D eigenvalue weighted by atomic mass is 10.0. The van der Waals surface area contributed by atoms with Crippen molar-refractivity contribution in [2.75, 3.05) is 32.8 Å². The third-order valence-electron chi connectivity index (χ3n) is 5.97. The number of ether oxygens (including phenoxy) is 1. The first kappa shape index (κ1) is 21.6. The van der Waals surface area contributed by atoms with Crippen molar-refractivity contribution in [2.45, 2.75) is 6.04 Å². The van der Waals surface area contributed by atoms with Gasteiger partial charge in [-0.2, -0.15) is 0 Å². The number of hydrogen-bond donors (Lipinski definition) is 1. The van der Waals surface area contributed by atoms with Gasteiger partial charge < -0.3 is 14.6 Å². The number of carbonyl (C=O) groups is 1. The molecule has 7 heteroatoms. The molecule has 1 N–H and O–H groups in total.